The molecule has 0 spiro atoms. The third-order valence-electron chi connectivity index (χ3n) is 6.57. The van der Waals surface area contributed by atoms with Crippen LogP contribution < -0.4 is 9.62 Å². The Kier molecular flexibility index (Phi) is 10.2. The standard InChI is InChI=1S/C30H36FN3O4S/c1-5-23(3)32-30(36)28(19-24-11-7-6-8-12-24)33(20-25-13-9-10-14-27(25)31)29(35)21-34(39(4,37)38)26-17-15-22(2)16-18-26/h6-18,23,28H,5,19-21H2,1-4H3,(H,32,36). The van der Waals surface area contributed by atoms with Crippen LogP contribution in [0.3, 0.4) is 0 Å². The average Bonchev–Trinajstić information content (AvgIpc) is 2.90. The summed E-state index contributed by atoms with van der Waals surface area (Å²) in [4.78, 5) is 28.8. The summed E-state index contributed by atoms with van der Waals surface area (Å²) in [6.45, 7) is 4.93. The molecular formula is C30H36FN3O4S. The van der Waals surface area contributed by atoms with Crippen LogP contribution in [-0.4, -0.2) is 50.0 Å². The second kappa shape index (κ2) is 13.4. The van der Waals surface area contributed by atoms with Crippen LogP contribution in [0, 0.1) is 12.7 Å². The molecule has 9 heteroatoms. The van der Waals surface area contributed by atoms with Crippen molar-refractivity contribution >= 4 is 27.5 Å². The molecule has 39 heavy (non-hydrogen) atoms. The van der Waals surface area contributed by atoms with Crippen LogP contribution in [-0.2, 0) is 32.6 Å². The van der Waals surface area contributed by atoms with Crippen LogP contribution in [0.2, 0.25) is 0 Å². The molecule has 3 aromatic rings. The van der Waals surface area contributed by atoms with Crippen molar-refractivity contribution in [3.63, 3.8) is 0 Å². The third-order valence-corrected chi connectivity index (χ3v) is 7.71. The zero-order valence-electron chi connectivity index (χ0n) is 22.8. The molecular weight excluding hydrogens is 517 g/mol. The maximum absolute atomic E-state index is 14.8. The smallest absolute Gasteiger partial charge is 0.244 e. The van der Waals surface area contributed by atoms with Gasteiger partial charge in [-0.05, 0) is 44.0 Å². The number of halogens is 1. The minimum Gasteiger partial charge on any atom is -0.352 e. The molecule has 0 aliphatic heterocycles. The van der Waals surface area contributed by atoms with Gasteiger partial charge in [0.05, 0.1) is 11.9 Å². The second-order valence-electron chi connectivity index (χ2n) is 9.74. The topological polar surface area (TPSA) is 86.8 Å². The van der Waals surface area contributed by atoms with Crippen LogP contribution in [0.5, 0.6) is 0 Å². The predicted octanol–water partition coefficient (Wildman–Crippen LogP) is 4.45. The Morgan fingerprint density at radius 3 is 2.15 bits per heavy atom. The van der Waals surface area contributed by atoms with Crippen molar-refractivity contribution in [3.05, 3.63) is 101 Å². The van der Waals surface area contributed by atoms with E-state index in [1.807, 2.05) is 51.1 Å². The zero-order chi connectivity index (χ0) is 28.6. The highest BCUT2D eigenvalue weighted by atomic mass is 32.2. The molecule has 3 rings (SSSR count). The van der Waals surface area contributed by atoms with Crippen LogP contribution in [0.15, 0.2) is 78.9 Å². The summed E-state index contributed by atoms with van der Waals surface area (Å²) in [7, 11) is -3.86. The molecule has 0 saturated heterocycles. The molecule has 208 valence electrons. The number of rotatable bonds is 12. The van der Waals surface area contributed by atoms with E-state index in [9.17, 15) is 22.4 Å². The zero-order valence-corrected chi connectivity index (χ0v) is 23.6. The van der Waals surface area contributed by atoms with Crippen molar-refractivity contribution in [3.8, 4) is 0 Å². The molecule has 0 aromatic heterocycles. The van der Waals surface area contributed by atoms with Gasteiger partial charge in [0, 0.05) is 24.6 Å². The monoisotopic (exact) mass is 553 g/mol. The molecule has 1 N–H and O–H groups in total. The molecule has 0 heterocycles. The van der Waals surface area contributed by atoms with E-state index in [1.54, 1.807) is 42.5 Å². The fourth-order valence-electron chi connectivity index (χ4n) is 4.13. The van der Waals surface area contributed by atoms with Crippen LogP contribution in [0.4, 0.5) is 10.1 Å². The van der Waals surface area contributed by atoms with Crippen molar-refractivity contribution in [1.29, 1.82) is 0 Å². The lowest BCUT2D eigenvalue weighted by Crippen LogP contribution is -2.54. The van der Waals surface area contributed by atoms with Crippen LogP contribution in [0.1, 0.15) is 37.0 Å². The molecule has 3 aromatic carbocycles. The van der Waals surface area contributed by atoms with Gasteiger partial charge in [-0.15, -0.1) is 0 Å². The molecule has 7 nitrogen and oxygen atoms in total. The van der Waals surface area contributed by atoms with Gasteiger partial charge in [-0.1, -0.05) is 73.2 Å². The van der Waals surface area contributed by atoms with E-state index in [0.717, 1.165) is 21.7 Å². The Morgan fingerprint density at radius 1 is 0.949 bits per heavy atom. The number of anilines is 1. The summed E-state index contributed by atoms with van der Waals surface area (Å²) in [6.07, 6.45) is 1.88. The molecule has 2 unspecified atom stereocenters. The number of hydrogen-bond acceptors (Lipinski definition) is 4. The lowest BCUT2D eigenvalue weighted by atomic mass is 10.0. The number of nitrogens with zero attached hydrogens (tertiary/aromatic N) is 2. The fraction of sp³-hybridized carbons (Fsp3) is 0.333. The number of sulfonamides is 1. The molecule has 0 aliphatic carbocycles. The number of aryl methyl sites for hydroxylation is 1. The van der Waals surface area contributed by atoms with E-state index >= 15 is 0 Å². The third kappa shape index (κ3) is 8.38. The van der Waals surface area contributed by atoms with Gasteiger partial charge < -0.3 is 10.2 Å². The largest absolute Gasteiger partial charge is 0.352 e. The SMILES string of the molecule is CCC(C)NC(=O)C(Cc1ccccc1)N(Cc1ccccc1F)C(=O)CN(c1ccc(C)cc1)S(C)(=O)=O. The van der Waals surface area contributed by atoms with Gasteiger partial charge in [-0.2, -0.15) is 0 Å². The fourth-order valence-corrected chi connectivity index (χ4v) is 4.98. The van der Waals surface area contributed by atoms with Gasteiger partial charge in [0.1, 0.15) is 18.4 Å². The predicted molar refractivity (Wildman–Crippen MR) is 152 cm³/mol. The minimum absolute atomic E-state index is 0.152. The van der Waals surface area contributed by atoms with Crippen molar-refractivity contribution in [2.45, 2.75) is 52.2 Å². The highest BCUT2D eigenvalue weighted by Crippen LogP contribution is 2.21. The first-order valence-corrected chi connectivity index (χ1v) is 14.8. The normalized spacial score (nSPS) is 12.8. The summed E-state index contributed by atoms with van der Waals surface area (Å²) in [5.74, 6) is -1.53. The number of carbonyl (C=O) groups excluding carboxylic acids is 2. The molecule has 0 bridgehead atoms. The van der Waals surface area contributed by atoms with Gasteiger partial charge >= 0.3 is 0 Å². The quantitative estimate of drug-likeness (QED) is 0.359. The van der Waals surface area contributed by atoms with Gasteiger partial charge in [0.2, 0.25) is 21.8 Å². The molecule has 2 amide bonds. The van der Waals surface area contributed by atoms with E-state index in [2.05, 4.69) is 5.32 Å². The Labute approximate surface area is 230 Å². The van der Waals surface area contributed by atoms with E-state index in [4.69, 9.17) is 0 Å². The number of nitrogens with one attached hydrogen (secondary N) is 1. The van der Waals surface area contributed by atoms with Gasteiger partial charge in [-0.3, -0.25) is 13.9 Å². The number of hydrogen-bond donors (Lipinski definition) is 1. The summed E-state index contributed by atoms with van der Waals surface area (Å²) < 4.78 is 41.4. The first kappa shape index (κ1) is 29.8. The minimum atomic E-state index is -3.86. The first-order chi connectivity index (χ1) is 18.5. The lowest BCUT2D eigenvalue weighted by molar-refractivity contribution is -0.140. The van der Waals surface area contributed by atoms with Gasteiger partial charge in [-0.25, -0.2) is 12.8 Å². The molecule has 0 fully saturated rings. The van der Waals surface area contributed by atoms with E-state index < -0.39 is 34.3 Å². The maximum Gasteiger partial charge on any atom is 0.244 e. The van der Waals surface area contributed by atoms with Crippen LogP contribution >= 0.6 is 0 Å². The molecule has 2 atom stereocenters. The van der Waals surface area contributed by atoms with E-state index in [0.29, 0.717) is 12.1 Å². The Hall–Kier alpha value is -3.72. The average molecular weight is 554 g/mol. The van der Waals surface area contributed by atoms with Crippen LogP contribution in [0.25, 0.3) is 0 Å². The summed E-state index contributed by atoms with van der Waals surface area (Å²) in [5.41, 5.74) is 2.29. The summed E-state index contributed by atoms with van der Waals surface area (Å²) in [6, 6.07) is 20.9. The van der Waals surface area contributed by atoms with E-state index in [1.165, 1.54) is 11.0 Å². The first-order valence-electron chi connectivity index (χ1n) is 12.9. The highest BCUT2D eigenvalue weighted by Gasteiger charge is 2.33. The van der Waals surface area contributed by atoms with Crippen molar-refractivity contribution in [2.24, 2.45) is 0 Å². The number of carbonyl (C=O) groups is 2. The number of benzene rings is 3. The maximum atomic E-state index is 14.8. The Bertz CT molecular complexity index is 1360. The lowest BCUT2D eigenvalue weighted by Gasteiger charge is -2.34. The van der Waals surface area contributed by atoms with Gasteiger partial charge in [0.25, 0.3) is 0 Å². The van der Waals surface area contributed by atoms with E-state index in [-0.39, 0.29) is 30.5 Å². The summed E-state index contributed by atoms with van der Waals surface area (Å²) >= 11 is 0. The summed E-state index contributed by atoms with van der Waals surface area (Å²) in [5, 5.41) is 2.95. The Balaban J connectivity index is 2.06. The molecule has 0 saturated carbocycles. The number of amides is 2. The van der Waals surface area contributed by atoms with Crippen molar-refractivity contribution in [2.75, 3.05) is 17.1 Å². The second-order valence-corrected chi connectivity index (χ2v) is 11.6. The molecule has 0 radical (unpaired) electrons. The highest BCUT2D eigenvalue weighted by molar-refractivity contribution is 7.92. The Morgan fingerprint density at radius 2 is 1.56 bits per heavy atom. The van der Waals surface area contributed by atoms with Crippen molar-refractivity contribution in [1.82, 2.24) is 10.2 Å². The molecule has 0 aliphatic rings. The van der Waals surface area contributed by atoms with Crippen molar-refractivity contribution < 1.29 is 22.4 Å². The van der Waals surface area contributed by atoms with Gasteiger partial charge in [0.15, 0.2) is 0 Å².